The molecule has 0 unspecified atom stereocenters. The lowest BCUT2D eigenvalue weighted by atomic mass is 10.1. The van der Waals surface area contributed by atoms with Crippen LogP contribution in [0.3, 0.4) is 0 Å². The van der Waals surface area contributed by atoms with Gasteiger partial charge in [0.15, 0.2) is 0 Å². The first-order valence-corrected chi connectivity index (χ1v) is 6.10. The van der Waals surface area contributed by atoms with Gasteiger partial charge in [-0.2, -0.15) is 0 Å². The molecule has 0 saturated carbocycles. The molecule has 0 aromatic heterocycles. The van der Waals surface area contributed by atoms with E-state index in [9.17, 15) is 14.9 Å². The van der Waals surface area contributed by atoms with Crippen LogP contribution in [-0.2, 0) is 4.74 Å². The molecular weight excluding hydrogens is 304 g/mol. The highest BCUT2D eigenvalue weighted by Gasteiger charge is 2.23. The Hall–Kier alpha value is -1.63. The molecule has 0 saturated heterocycles. The molecule has 0 atom stereocenters. The van der Waals surface area contributed by atoms with Crippen LogP contribution in [0.5, 0.6) is 0 Å². The third-order valence-corrected chi connectivity index (χ3v) is 2.69. The van der Waals surface area contributed by atoms with Gasteiger partial charge < -0.3 is 10.1 Å². The summed E-state index contributed by atoms with van der Waals surface area (Å²) in [5.74, 6) is -0.613. The zero-order valence-corrected chi connectivity index (χ0v) is 11.6. The van der Waals surface area contributed by atoms with E-state index in [-0.39, 0.29) is 16.9 Å². The first kappa shape index (κ1) is 14.4. The fraction of sp³-hybridized carbons (Fsp3) is 0.364. The molecule has 1 N–H and O–H groups in total. The highest BCUT2D eigenvalue weighted by molar-refractivity contribution is 9.10. The SMILES string of the molecule is CCCNc1c(C(=O)OC)cc(Br)cc1[N+](=O)[O-]. The molecule has 0 bridgehead atoms. The summed E-state index contributed by atoms with van der Waals surface area (Å²) in [5, 5.41) is 13.9. The molecular formula is C11H13BrN2O4. The number of hydrogen-bond donors (Lipinski definition) is 1. The lowest BCUT2D eigenvalue weighted by Crippen LogP contribution is -2.11. The van der Waals surface area contributed by atoms with Gasteiger partial charge in [0, 0.05) is 17.1 Å². The number of carbonyl (C=O) groups is 1. The normalized spacial score (nSPS) is 9.94. The van der Waals surface area contributed by atoms with Crippen molar-refractivity contribution in [2.45, 2.75) is 13.3 Å². The number of carbonyl (C=O) groups excluding carboxylic acids is 1. The summed E-state index contributed by atoms with van der Waals surface area (Å²) in [6, 6.07) is 2.85. The maximum absolute atomic E-state index is 11.6. The van der Waals surface area contributed by atoms with Crippen molar-refractivity contribution in [1.29, 1.82) is 0 Å². The molecule has 0 aliphatic carbocycles. The average molecular weight is 317 g/mol. The summed E-state index contributed by atoms with van der Waals surface area (Å²) in [6.07, 6.45) is 0.786. The lowest BCUT2D eigenvalue weighted by Gasteiger charge is -2.11. The molecule has 0 aliphatic rings. The largest absolute Gasteiger partial charge is 0.465 e. The van der Waals surface area contributed by atoms with E-state index in [2.05, 4.69) is 26.0 Å². The average Bonchev–Trinajstić information content (AvgIpc) is 2.35. The van der Waals surface area contributed by atoms with Gasteiger partial charge in [-0.15, -0.1) is 0 Å². The van der Waals surface area contributed by atoms with Crippen molar-refractivity contribution in [1.82, 2.24) is 0 Å². The van der Waals surface area contributed by atoms with Crippen LogP contribution in [0.15, 0.2) is 16.6 Å². The maximum Gasteiger partial charge on any atom is 0.340 e. The number of halogens is 1. The first-order valence-electron chi connectivity index (χ1n) is 5.31. The Bertz CT molecular complexity index is 476. The zero-order chi connectivity index (χ0) is 13.7. The van der Waals surface area contributed by atoms with Gasteiger partial charge in [0.1, 0.15) is 5.69 Å². The molecule has 0 fully saturated rings. The summed E-state index contributed by atoms with van der Waals surface area (Å²) in [7, 11) is 1.23. The predicted molar refractivity (Wildman–Crippen MR) is 70.9 cm³/mol. The van der Waals surface area contributed by atoms with Gasteiger partial charge in [-0.25, -0.2) is 4.79 Å². The fourth-order valence-electron chi connectivity index (χ4n) is 1.44. The second kappa shape index (κ2) is 6.34. The van der Waals surface area contributed by atoms with E-state index in [1.165, 1.54) is 19.2 Å². The molecule has 1 aromatic rings. The Balaban J connectivity index is 3.37. The van der Waals surface area contributed by atoms with Crippen LogP contribution in [0.1, 0.15) is 23.7 Å². The third-order valence-electron chi connectivity index (χ3n) is 2.24. The molecule has 1 aromatic carbocycles. The van der Waals surface area contributed by atoms with Crippen LogP contribution in [0.25, 0.3) is 0 Å². The Morgan fingerprint density at radius 1 is 1.56 bits per heavy atom. The molecule has 0 heterocycles. The minimum absolute atomic E-state index is 0.145. The van der Waals surface area contributed by atoms with Gasteiger partial charge in [-0.1, -0.05) is 22.9 Å². The maximum atomic E-state index is 11.6. The van der Waals surface area contributed by atoms with E-state index in [0.717, 1.165) is 6.42 Å². The number of esters is 1. The van der Waals surface area contributed by atoms with Crippen LogP contribution in [0.4, 0.5) is 11.4 Å². The van der Waals surface area contributed by atoms with Gasteiger partial charge in [0.2, 0.25) is 0 Å². The molecule has 98 valence electrons. The van der Waals surface area contributed by atoms with Crippen molar-refractivity contribution in [3.63, 3.8) is 0 Å². The Kier molecular flexibility index (Phi) is 5.08. The minimum atomic E-state index is -0.613. The first-order chi connectivity index (χ1) is 8.51. The summed E-state index contributed by atoms with van der Waals surface area (Å²) in [4.78, 5) is 22.1. The summed E-state index contributed by atoms with van der Waals surface area (Å²) < 4.78 is 5.08. The van der Waals surface area contributed by atoms with Gasteiger partial charge in [0.25, 0.3) is 5.69 Å². The fourth-order valence-corrected chi connectivity index (χ4v) is 1.89. The zero-order valence-electron chi connectivity index (χ0n) is 10.0. The van der Waals surface area contributed by atoms with Crippen LogP contribution in [0, 0.1) is 10.1 Å². The number of nitro benzene ring substituents is 1. The summed E-state index contributed by atoms with van der Waals surface area (Å²) in [5.41, 5.74) is 0.183. The Morgan fingerprint density at radius 3 is 2.72 bits per heavy atom. The summed E-state index contributed by atoms with van der Waals surface area (Å²) >= 11 is 3.14. The molecule has 1 rings (SSSR count). The monoisotopic (exact) mass is 316 g/mol. The van der Waals surface area contributed by atoms with Crippen LogP contribution in [0.2, 0.25) is 0 Å². The number of hydrogen-bond acceptors (Lipinski definition) is 5. The second-order valence-corrected chi connectivity index (χ2v) is 4.44. The van der Waals surface area contributed by atoms with Crippen LogP contribution in [-0.4, -0.2) is 24.5 Å². The molecule has 6 nitrogen and oxygen atoms in total. The topological polar surface area (TPSA) is 81.5 Å². The van der Waals surface area contributed by atoms with Crippen molar-refractivity contribution < 1.29 is 14.5 Å². The van der Waals surface area contributed by atoms with Crippen molar-refractivity contribution in [3.8, 4) is 0 Å². The van der Waals surface area contributed by atoms with Crippen molar-refractivity contribution in [2.75, 3.05) is 19.0 Å². The highest BCUT2D eigenvalue weighted by Crippen LogP contribution is 2.32. The highest BCUT2D eigenvalue weighted by atomic mass is 79.9. The number of nitrogens with zero attached hydrogens (tertiary/aromatic N) is 1. The summed E-state index contributed by atoms with van der Waals surface area (Å²) in [6.45, 7) is 2.46. The number of methoxy groups -OCH3 is 1. The minimum Gasteiger partial charge on any atom is -0.465 e. The number of anilines is 1. The smallest absolute Gasteiger partial charge is 0.340 e. The molecule has 0 radical (unpaired) electrons. The molecule has 18 heavy (non-hydrogen) atoms. The van der Waals surface area contributed by atoms with E-state index < -0.39 is 10.9 Å². The van der Waals surface area contributed by atoms with E-state index in [4.69, 9.17) is 0 Å². The Morgan fingerprint density at radius 2 is 2.22 bits per heavy atom. The van der Waals surface area contributed by atoms with Crippen LogP contribution < -0.4 is 5.32 Å². The number of benzene rings is 1. The molecule has 7 heteroatoms. The van der Waals surface area contributed by atoms with E-state index in [1.807, 2.05) is 6.92 Å². The van der Waals surface area contributed by atoms with Gasteiger partial charge in [-0.05, 0) is 12.5 Å². The van der Waals surface area contributed by atoms with Crippen LogP contribution >= 0.6 is 15.9 Å². The van der Waals surface area contributed by atoms with Gasteiger partial charge in [0.05, 0.1) is 17.6 Å². The number of nitrogens with one attached hydrogen (secondary N) is 1. The molecule has 0 spiro atoms. The van der Waals surface area contributed by atoms with E-state index in [0.29, 0.717) is 11.0 Å². The Labute approximate surface area is 113 Å². The van der Waals surface area contributed by atoms with E-state index in [1.54, 1.807) is 0 Å². The number of nitro groups is 1. The second-order valence-electron chi connectivity index (χ2n) is 3.52. The van der Waals surface area contributed by atoms with Crippen molar-refractivity contribution in [2.24, 2.45) is 0 Å². The lowest BCUT2D eigenvalue weighted by molar-refractivity contribution is -0.384. The predicted octanol–water partition coefficient (Wildman–Crippen LogP) is 2.97. The van der Waals surface area contributed by atoms with Crippen molar-refractivity contribution >= 4 is 33.3 Å². The van der Waals surface area contributed by atoms with Gasteiger partial charge in [-0.3, -0.25) is 10.1 Å². The standard InChI is InChI=1S/C11H13BrN2O4/c1-3-4-13-10-8(11(15)18-2)5-7(12)6-9(10)14(16)17/h5-6,13H,3-4H2,1-2H3. The third kappa shape index (κ3) is 3.19. The van der Waals surface area contributed by atoms with Crippen molar-refractivity contribution in [3.05, 3.63) is 32.3 Å². The number of ether oxygens (including phenoxy) is 1. The number of rotatable bonds is 5. The molecule has 0 amide bonds. The van der Waals surface area contributed by atoms with Gasteiger partial charge >= 0.3 is 5.97 Å². The molecule has 0 aliphatic heterocycles. The van der Waals surface area contributed by atoms with E-state index >= 15 is 0 Å². The quantitative estimate of drug-likeness (QED) is 0.513.